The summed E-state index contributed by atoms with van der Waals surface area (Å²) in [5.41, 5.74) is 0.917. The highest BCUT2D eigenvalue weighted by Crippen LogP contribution is 2.18. The minimum absolute atomic E-state index is 0.00752. The van der Waals surface area contributed by atoms with Gasteiger partial charge in [0, 0.05) is 5.38 Å². The number of aromatic nitrogens is 1. The maximum Gasteiger partial charge on any atom is 0.325 e. The van der Waals surface area contributed by atoms with Gasteiger partial charge in [-0.3, -0.25) is 19.3 Å². The zero-order chi connectivity index (χ0) is 21.7. The van der Waals surface area contributed by atoms with Crippen LogP contribution in [0.4, 0.5) is 14.3 Å². The SMILES string of the molecule is CCOC(=O)Cc1csc(NC(=O)CC2NC(=O)N(Cc3cccc(F)c3)C2=O)n1. The largest absolute Gasteiger partial charge is 0.466 e. The molecule has 1 aliphatic heterocycles. The fourth-order valence-electron chi connectivity index (χ4n) is 2.84. The number of amides is 4. The second kappa shape index (κ2) is 9.44. The third-order valence-electron chi connectivity index (χ3n) is 4.16. The molecule has 30 heavy (non-hydrogen) atoms. The highest BCUT2D eigenvalue weighted by molar-refractivity contribution is 7.13. The molecule has 1 aromatic carbocycles. The molecule has 1 atom stereocenters. The maximum absolute atomic E-state index is 13.3. The summed E-state index contributed by atoms with van der Waals surface area (Å²) in [5.74, 6) is -1.97. The van der Waals surface area contributed by atoms with Crippen LogP contribution in [0.25, 0.3) is 0 Å². The highest BCUT2D eigenvalue weighted by Gasteiger charge is 2.39. The Morgan fingerprint density at radius 2 is 2.17 bits per heavy atom. The fourth-order valence-corrected chi connectivity index (χ4v) is 3.57. The molecule has 11 heteroatoms. The molecule has 158 valence electrons. The number of nitrogens with one attached hydrogen (secondary N) is 2. The van der Waals surface area contributed by atoms with E-state index in [0.29, 0.717) is 11.3 Å². The summed E-state index contributed by atoms with van der Waals surface area (Å²) in [4.78, 5) is 53.4. The van der Waals surface area contributed by atoms with Crippen LogP contribution in [0.15, 0.2) is 29.6 Å². The molecular weight excluding hydrogens is 415 g/mol. The predicted molar refractivity (Wildman–Crippen MR) is 105 cm³/mol. The molecule has 2 N–H and O–H groups in total. The molecule has 1 saturated heterocycles. The lowest BCUT2D eigenvalue weighted by Crippen LogP contribution is -2.34. The van der Waals surface area contributed by atoms with Gasteiger partial charge in [-0.05, 0) is 24.6 Å². The predicted octanol–water partition coefficient (Wildman–Crippen LogP) is 1.84. The van der Waals surface area contributed by atoms with E-state index in [1.54, 1.807) is 18.4 Å². The average molecular weight is 434 g/mol. The van der Waals surface area contributed by atoms with Crippen molar-refractivity contribution in [1.82, 2.24) is 15.2 Å². The maximum atomic E-state index is 13.3. The Bertz CT molecular complexity index is 979. The van der Waals surface area contributed by atoms with Crippen molar-refractivity contribution in [3.63, 3.8) is 0 Å². The number of hydrogen-bond acceptors (Lipinski definition) is 7. The lowest BCUT2D eigenvalue weighted by Gasteiger charge is -2.13. The summed E-state index contributed by atoms with van der Waals surface area (Å²) in [6.45, 7) is 1.88. The number of carbonyl (C=O) groups excluding carboxylic acids is 4. The van der Waals surface area contributed by atoms with Gasteiger partial charge in [0.15, 0.2) is 5.13 Å². The standard InChI is InChI=1S/C19H19FN4O5S/c1-2-29-16(26)7-13-10-30-18(21-13)23-15(25)8-14-17(27)24(19(28)22-14)9-11-4-3-5-12(20)6-11/h3-6,10,14H,2,7-9H2,1H3,(H,22,28)(H,21,23,25). The average Bonchev–Trinajstić information content (AvgIpc) is 3.21. The first kappa shape index (κ1) is 21.4. The molecule has 3 rings (SSSR count). The topological polar surface area (TPSA) is 118 Å². The van der Waals surface area contributed by atoms with Crippen molar-refractivity contribution in [3.05, 3.63) is 46.7 Å². The first-order chi connectivity index (χ1) is 14.4. The van der Waals surface area contributed by atoms with Crippen LogP contribution in [0.2, 0.25) is 0 Å². The second-order valence-corrected chi connectivity index (χ2v) is 7.29. The zero-order valence-electron chi connectivity index (χ0n) is 16.0. The number of carbonyl (C=O) groups is 4. The molecular formula is C19H19FN4O5S. The molecule has 2 heterocycles. The Morgan fingerprint density at radius 3 is 2.90 bits per heavy atom. The number of halogens is 1. The zero-order valence-corrected chi connectivity index (χ0v) is 16.8. The van der Waals surface area contributed by atoms with Crippen LogP contribution < -0.4 is 10.6 Å². The van der Waals surface area contributed by atoms with Gasteiger partial charge in [0.25, 0.3) is 5.91 Å². The minimum Gasteiger partial charge on any atom is -0.466 e. The molecule has 1 aliphatic rings. The van der Waals surface area contributed by atoms with Crippen LogP contribution in [-0.2, 0) is 32.1 Å². The van der Waals surface area contributed by atoms with Gasteiger partial charge in [-0.15, -0.1) is 11.3 Å². The molecule has 0 radical (unpaired) electrons. The van der Waals surface area contributed by atoms with Crippen LogP contribution in [0.5, 0.6) is 0 Å². The van der Waals surface area contributed by atoms with Crippen molar-refractivity contribution in [2.45, 2.75) is 32.4 Å². The summed E-state index contributed by atoms with van der Waals surface area (Å²) >= 11 is 1.13. The number of thiazole rings is 1. The molecule has 2 aromatic rings. The van der Waals surface area contributed by atoms with Gasteiger partial charge in [-0.25, -0.2) is 14.2 Å². The van der Waals surface area contributed by atoms with Crippen LogP contribution in [-0.4, -0.2) is 46.3 Å². The van der Waals surface area contributed by atoms with Crippen molar-refractivity contribution in [3.8, 4) is 0 Å². The van der Waals surface area contributed by atoms with Gasteiger partial charge in [-0.2, -0.15) is 0 Å². The fraction of sp³-hybridized carbons (Fsp3) is 0.316. The number of hydrogen-bond donors (Lipinski definition) is 2. The van der Waals surface area contributed by atoms with Crippen LogP contribution in [0.1, 0.15) is 24.6 Å². The number of ether oxygens (including phenoxy) is 1. The Morgan fingerprint density at radius 1 is 1.37 bits per heavy atom. The first-order valence-corrected chi connectivity index (χ1v) is 10.00. The van der Waals surface area contributed by atoms with E-state index in [0.717, 1.165) is 16.2 Å². The van der Waals surface area contributed by atoms with E-state index in [1.165, 1.54) is 18.2 Å². The van der Waals surface area contributed by atoms with Crippen molar-refractivity contribution in [1.29, 1.82) is 0 Å². The summed E-state index contributed by atoms with van der Waals surface area (Å²) in [6, 6.07) is 3.91. The molecule has 0 aliphatic carbocycles. The molecule has 1 aromatic heterocycles. The molecule has 0 saturated carbocycles. The van der Waals surface area contributed by atoms with E-state index in [9.17, 15) is 23.6 Å². The smallest absolute Gasteiger partial charge is 0.325 e. The number of anilines is 1. The van der Waals surface area contributed by atoms with Gasteiger partial charge < -0.3 is 15.4 Å². The van der Waals surface area contributed by atoms with E-state index < -0.39 is 35.7 Å². The molecule has 1 fully saturated rings. The second-order valence-electron chi connectivity index (χ2n) is 6.43. The Kier molecular flexibility index (Phi) is 6.72. The Hall–Kier alpha value is -3.34. The van der Waals surface area contributed by atoms with Crippen molar-refractivity contribution < 1.29 is 28.3 Å². The highest BCUT2D eigenvalue weighted by atomic mass is 32.1. The molecule has 9 nitrogen and oxygen atoms in total. The number of imide groups is 1. The number of urea groups is 1. The number of nitrogens with zero attached hydrogens (tertiary/aromatic N) is 2. The van der Waals surface area contributed by atoms with E-state index in [2.05, 4.69) is 15.6 Å². The van der Waals surface area contributed by atoms with Gasteiger partial charge in [0.05, 0.1) is 31.7 Å². The summed E-state index contributed by atoms with van der Waals surface area (Å²) in [6.07, 6.45) is -0.288. The van der Waals surface area contributed by atoms with E-state index in [-0.39, 0.29) is 31.1 Å². The van der Waals surface area contributed by atoms with Gasteiger partial charge in [0.1, 0.15) is 11.9 Å². The summed E-state index contributed by atoms with van der Waals surface area (Å²) < 4.78 is 18.2. The van der Waals surface area contributed by atoms with Crippen molar-refractivity contribution in [2.75, 3.05) is 11.9 Å². The lowest BCUT2D eigenvalue weighted by molar-refractivity contribution is -0.142. The summed E-state index contributed by atoms with van der Waals surface area (Å²) in [5, 5.41) is 6.89. The monoisotopic (exact) mass is 434 g/mol. The number of esters is 1. The lowest BCUT2D eigenvalue weighted by atomic mass is 10.1. The third-order valence-corrected chi connectivity index (χ3v) is 4.96. The van der Waals surface area contributed by atoms with E-state index >= 15 is 0 Å². The minimum atomic E-state index is -1.02. The normalized spacial score (nSPS) is 15.8. The van der Waals surface area contributed by atoms with Crippen LogP contribution in [0, 0.1) is 5.82 Å². The molecule has 0 bridgehead atoms. The molecule has 4 amide bonds. The number of benzene rings is 1. The molecule has 0 spiro atoms. The Balaban J connectivity index is 1.54. The quantitative estimate of drug-likeness (QED) is 0.484. The van der Waals surface area contributed by atoms with Gasteiger partial charge in [0.2, 0.25) is 5.91 Å². The Labute approximate surface area is 175 Å². The van der Waals surface area contributed by atoms with Gasteiger partial charge in [-0.1, -0.05) is 12.1 Å². The van der Waals surface area contributed by atoms with E-state index in [4.69, 9.17) is 4.74 Å². The van der Waals surface area contributed by atoms with Crippen LogP contribution in [0.3, 0.4) is 0 Å². The third kappa shape index (κ3) is 5.38. The first-order valence-electron chi connectivity index (χ1n) is 9.12. The van der Waals surface area contributed by atoms with Crippen molar-refractivity contribution >= 4 is 40.3 Å². The van der Waals surface area contributed by atoms with E-state index in [1.807, 2.05) is 0 Å². The summed E-state index contributed by atoms with van der Waals surface area (Å²) in [7, 11) is 0. The van der Waals surface area contributed by atoms with Crippen LogP contribution >= 0.6 is 11.3 Å². The number of rotatable bonds is 8. The van der Waals surface area contributed by atoms with Crippen molar-refractivity contribution in [2.24, 2.45) is 0 Å². The van der Waals surface area contributed by atoms with Gasteiger partial charge >= 0.3 is 12.0 Å². The molecule has 1 unspecified atom stereocenters.